The van der Waals surface area contributed by atoms with Crippen molar-refractivity contribution in [1.29, 1.82) is 0 Å². The third-order valence-corrected chi connectivity index (χ3v) is 7.67. The molecule has 0 spiro atoms. The largest absolute Gasteiger partial charge is 0.381 e. The van der Waals surface area contributed by atoms with Crippen molar-refractivity contribution >= 4 is 35.0 Å². The van der Waals surface area contributed by atoms with E-state index in [0.717, 1.165) is 43.1 Å². The van der Waals surface area contributed by atoms with Crippen molar-refractivity contribution in [1.82, 2.24) is 0 Å². The molecule has 4 rings (SSSR count). The first-order chi connectivity index (χ1) is 14.7. The molecule has 0 atom stereocenters. The molecule has 0 saturated carbocycles. The van der Waals surface area contributed by atoms with Gasteiger partial charge < -0.3 is 14.8 Å². The Balaban J connectivity index is 1.47. The molecule has 0 unspecified atom stereocenters. The van der Waals surface area contributed by atoms with E-state index < -0.39 is 5.41 Å². The van der Waals surface area contributed by atoms with E-state index in [-0.39, 0.29) is 5.91 Å². The predicted molar refractivity (Wildman–Crippen MR) is 123 cm³/mol. The summed E-state index contributed by atoms with van der Waals surface area (Å²) in [5.74, 6) is 0.962. The molecule has 2 heterocycles. The highest BCUT2D eigenvalue weighted by molar-refractivity contribution is 7.99. The number of carbonyl (C=O) groups is 1. The van der Waals surface area contributed by atoms with E-state index in [1.165, 1.54) is 5.56 Å². The maximum Gasteiger partial charge on any atom is 0.235 e. The molecule has 0 radical (unpaired) electrons. The highest BCUT2D eigenvalue weighted by Crippen LogP contribution is 2.37. The Morgan fingerprint density at radius 2 is 1.77 bits per heavy atom. The van der Waals surface area contributed by atoms with E-state index in [2.05, 4.69) is 17.4 Å². The lowest BCUT2D eigenvalue weighted by atomic mass is 9.73. The first kappa shape index (κ1) is 21.7. The summed E-state index contributed by atoms with van der Waals surface area (Å²) in [6.45, 7) is 2.87. The first-order valence-corrected chi connectivity index (χ1v) is 12.0. The van der Waals surface area contributed by atoms with Crippen LogP contribution in [-0.4, -0.2) is 37.6 Å². The van der Waals surface area contributed by atoms with Crippen LogP contribution in [0.5, 0.6) is 0 Å². The second kappa shape index (κ2) is 10.2. The maximum atomic E-state index is 13.5. The molecular weight excluding hydrogens is 418 g/mol. The standard InChI is InChI=1S/C24H28ClNO3S/c25-20-5-2-4-19(16-20)24(9-13-29-14-10-24)23(27)26-21-6-1-3-18(15-21)17-30-22-7-11-28-12-8-22/h1-6,15-16,22H,7-14,17H2,(H,26,27). The van der Waals surface area contributed by atoms with Crippen LogP contribution in [-0.2, 0) is 25.4 Å². The summed E-state index contributed by atoms with van der Waals surface area (Å²) in [5.41, 5.74) is 2.42. The van der Waals surface area contributed by atoms with Crippen LogP contribution in [0.4, 0.5) is 5.69 Å². The van der Waals surface area contributed by atoms with E-state index in [9.17, 15) is 4.79 Å². The molecule has 0 aromatic heterocycles. The highest BCUT2D eigenvalue weighted by atomic mass is 35.5. The quantitative estimate of drug-likeness (QED) is 0.643. The zero-order valence-electron chi connectivity index (χ0n) is 17.1. The minimum atomic E-state index is -0.615. The van der Waals surface area contributed by atoms with Crippen LogP contribution in [0.15, 0.2) is 48.5 Å². The Kier molecular flexibility index (Phi) is 7.37. The van der Waals surface area contributed by atoms with Gasteiger partial charge in [-0.25, -0.2) is 0 Å². The monoisotopic (exact) mass is 445 g/mol. The van der Waals surface area contributed by atoms with Crippen molar-refractivity contribution < 1.29 is 14.3 Å². The van der Waals surface area contributed by atoms with Gasteiger partial charge in [0.2, 0.25) is 5.91 Å². The van der Waals surface area contributed by atoms with Gasteiger partial charge in [0.05, 0.1) is 5.41 Å². The van der Waals surface area contributed by atoms with Crippen molar-refractivity contribution in [2.24, 2.45) is 0 Å². The van der Waals surface area contributed by atoms with Gasteiger partial charge in [0.25, 0.3) is 0 Å². The van der Waals surface area contributed by atoms with E-state index >= 15 is 0 Å². The number of nitrogens with one attached hydrogen (secondary N) is 1. The van der Waals surface area contributed by atoms with Crippen molar-refractivity contribution in [3.8, 4) is 0 Å². The number of hydrogen-bond donors (Lipinski definition) is 1. The number of halogens is 1. The van der Waals surface area contributed by atoms with Gasteiger partial charge in [-0.05, 0) is 61.1 Å². The Morgan fingerprint density at radius 3 is 2.53 bits per heavy atom. The Hall–Kier alpha value is -1.53. The van der Waals surface area contributed by atoms with E-state index in [1.807, 2.05) is 48.2 Å². The predicted octanol–water partition coefficient (Wildman–Crippen LogP) is 5.44. The fourth-order valence-electron chi connectivity index (χ4n) is 4.20. The van der Waals surface area contributed by atoms with Gasteiger partial charge in [0.1, 0.15) is 0 Å². The summed E-state index contributed by atoms with van der Waals surface area (Å²) < 4.78 is 11.0. The summed E-state index contributed by atoms with van der Waals surface area (Å²) in [4.78, 5) is 13.5. The summed E-state index contributed by atoms with van der Waals surface area (Å²) in [5, 5.41) is 4.49. The summed E-state index contributed by atoms with van der Waals surface area (Å²) >= 11 is 8.22. The molecule has 2 aromatic rings. The number of ether oxygens (including phenoxy) is 2. The fraction of sp³-hybridized carbons (Fsp3) is 0.458. The third kappa shape index (κ3) is 5.20. The number of rotatable bonds is 6. The molecule has 0 bridgehead atoms. The van der Waals surface area contributed by atoms with E-state index in [4.69, 9.17) is 21.1 Å². The zero-order chi connectivity index (χ0) is 20.8. The lowest BCUT2D eigenvalue weighted by molar-refractivity contribution is -0.125. The zero-order valence-corrected chi connectivity index (χ0v) is 18.6. The van der Waals surface area contributed by atoms with Crippen LogP contribution >= 0.6 is 23.4 Å². The van der Waals surface area contributed by atoms with Crippen LogP contribution in [0.2, 0.25) is 5.02 Å². The van der Waals surface area contributed by atoms with Crippen molar-refractivity contribution in [3.05, 3.63) is 64.7 Å². The minimum Gasteiger partial charge on any atom is -0.381 e. The number of anilines is 1. The Morgan fingerprint density at radius 1 is 1.03 bits per heavy atom. The Bertz CT molecular complexity index is 863. The summed E-state index contributed by atoms with van der Waals surface area (Å²) in [6.07, 6.45) is 3.54. The molecule has 2 aromatic carbocycles. The molecule has 2 aliphatic heterocycles. The maximum absolute atomic E-state index is 13.5. The van der Waals surface area contributed by atoms with Crippen molar-refractivity contribution in [2.45, 2.75) is 42.1 Å². The minimum absolute atomic E-state index is 0.0160. The summed E-state index contributed by atoms with van der Waals surface area (Å²) in [7, 11) is 0. The molecule has 160 valence electrons. The van der Waals surface area contributed by atoms with Gasteiger partial charge in [-0.3, -0.25) is 4.79 Å². The number of benzene rings is 2. The van der Waals surface area contributed by atoms with Gasteiger partial charge in [0, 0.05) is 48.1 Å². The van der Waals surface area contributed by atoms with Crippen molar-refractivity contribution in [3.63, 3.8) is 0 Å². The normalized spacial score (nSPS) is 19.4. The van der Waals surface area contributed by atoms with Gasteiger partial charge in [-0.1, -0.05) is 35.9 Å². The molecule has 1 N–H and O–H groups in total. The second-order valence-corrected chi connectivity index (χ2v) is 9.71. The number of carbonyl (C=O) groups excluding carboxylic acids is 1. The lowest BCUT2D eigenvalue weighted by Crippen LogP contribution is -2.44. The molecule has 2 saturated heterocycles. The van der Waals surface area contributed by atoms with Gasteiger partial charge in [-0.2, -0.15) is 11.8 Å². The molecular formula is C24H28ClNO3S. The van der Waals surface area contributed by atoms with Crippen molar-refractivity contribution in [2.75, 3.05) is 31.7 Å². The molecule has 6 heteroatoms. The number of thioether (sulfide) groups is 1. The first-order valence-electron chi connectivity index (χ1n) is 10.6. The number of hydrogen-bond acceptors (Lipinski definition) is 4. The molecule has 1 amide bonds. The van der Waals surface area contributed by atoms with Crippen LogP contribution in [0.25, 0.3) is 0 Å². The van der Waals surface area contributed by atoms with Crippen LogP contribution in [0, 0.1) is 0 Å². The Labute approximate surface area is 187 Å². The van der Waals surface area contributed by atoms with Crippen LogP contribution in [0.1, 0.15) is 36.8 Å². The molecule has 2 aliphatic rings. The SMILES string of the molecule is O=C(Nc1cccc(CSC2CCOCC2)c1)C1(c2cccc(Cl)c2)CCOCC1. The topological polar surface area (TPSA) is 47.6 Å². The third-order valence-electron chi connectivity index (χ3n) is 6.00. The van der Waals surface area contributed by atoms with Crippen LogP contribution in [0.3, 0.4) is 0 Å². The molecule has 0 aliphatic carbocycles. The van der Waals surface area contributed by atoms with Gasteiger partial charge in [-0.15, -0.1) is 0 Å². The molecule has 4 nitrogen and oxygen atoms in total. The van der Waals surface area contributed by atoms with Gasteiger partial charge in [0.15, 0.2) is 0 Å². The van der Waals surface area contributed by atoms with E-state index in [1.54, 1.807) is 0 Å². The fourth-order valence-corrected chi connectivity index (χ4v) is 5.52. The summed E-state index contributed by atoms with van der Waals surface area (Å²) in [6, 6.07) is 15.9. The smallest absolute Gasteiger partial charge is 0.235 e. The van der Waals surface area contributed by atoms with Crippen LogP contribution < -0.4 is 5.32 Å². The van der Waals surface area contributed by atoms with E-state index in [0.29, 0.717) is 36.3 Å². The second-order valence-electron chi connectivity index (χ2n) is 7.98. The lowest BCUT2D eigenvalue weighted by Gasteiger charge is -2.36. The highest BCUT2D eigenvalue weighted by Gasteiger charge is 2.41. The van der Waals surface area contributed by atoms with Gasteiger partial charge >= 0.3 is 0 Å². The average molecular weight is 446 g/mol. The average Bonchev–Trinajstić information content (AvgIpc) is 2.79. The number of amides is 1. The molecule has 30 heavy (non-hydrogen) atoms. The molecule has 2 fully saturated rings.